The highest BCUT2D eigenvalue weighted by Gasteiger charge is 2.22. The molecule has 1 aliphatic rings. The molecule has 142 valence electrons. The van der Waals surface area contributed by atoms with E-state index in [4.69, 9.17) is 11.6 Å². The number of hydrogen-bond donors (Lipinski definition) is 1. The van der Waals surface area contributed by atoms with Gasteiger partial charge in [-0.2, -0.15) is 5.10 Å². The van der Waals surface area contributed by atoms with Crippen LogP contribution in [0.5, 0.6) is 0 Å². The minimum atomic E-state index is -0.267. The lowest BCUT2D eigenvalue weighted by Crippen LogP contribution is -2.24. The van der Waals surface area contributed by atoms with E-state index in [-0.39, 0.29) is 11.8 Å². The number of amides is 2. The van der Waals surface area contributed by atoms with E-state index in [1.54, 1.807) is 46.0 Å². The van der Waals surface area contributed by atoms with Gasteiger partial charge in [0.25, 0.3) is 5.91 Å². The number of rotatable bonds is 4. The van der Waals surface area contributed by atoms with Crippen LogP contribution in [0.25, 0.3) is 5.69 Å². The van der Waals surface area contributed by atoms with Crippen LogP contribution in [0.4, 0.5) is 11.5 Å². The Bertz CT molecular complexity index is 1060. The van der Waals surface area contributed by atoms with Gasteiger partial charge < -0.3 is 10.2 Å². The topological polar surface area (TPSA) is 67.2 Å². The molecule has 0 unspecified atom stereocenters. The SMILES string of the molecule is Cc1cc(NC(=O)c2cccc(N3CCCC3=O)c2)n(-c2cccc(Cl)c2)n1. The van der Waals surface area contributed by atoms with E-state index in [0.717, 1.165) is 23.5 Å². The van der Waals surface area contributed by atoms with Crippen molar-refractivity contribution in [3.8, 4) is 5.69 Å². The highest BCUT2D eigenvalue weighted by Crippen LogP contribution is 2.24. The van der Waals surface area contributed by atoms with Crippen LogP contribution in [0.15, 0.2) is 54.6 Å². The molecule has 0 bridgehead atoms. The van der Waals surface area contributed by atoms with Gasteiger partial charge in [0, 0.05) is 35.3 Å². The summed E-state index contributed by atoms with van der Waals surface area (Å²) >= 11 is 6.09. The van der Waals surface area contributed by atoms with Crippen molar-refractivity contribution in [2.24, 2.45) is 0 Å². The molecule has 2 amide bonds. The van der Waals surface area contributed by atoms with Crippen molar-refractivity contribution < 1.29 is 9.59 Å². The van der Waals surface area contributed by atoms with Crippen molar-refractivity contribution in [1.82, 2.24) is 9.78 Å². The Labute approximate surface area is 167 Å². The lowest BCUT2D eigenvalue weighted by atomic mass is 10.1. The number of halogens is 1. The van der Waals surface area contributed by atoms with Gasteiger partial charge in [0.2, 0.25) is 5.91 Å². The Balaban J connectivity index is 1.60. The van der Waals surface area contributed by atoms with Crippen molar-refractivity contribution in [2.75, 3.05) is 16.8 Å². The summed E-state index contributed by atoms with van der Waals surface area (Å²) in [5.74, 6) is 0.372. The van der Waals surface area contributed by atoms with Crippen LogP contribution in [-0.2, 0) is 4.79 Å². The number of anilines is 2. The normalized spacial score (nSPS) is 13.8. The van der Waals surface area contributed by atoms with E-state index in [9.17, 15) is 9.59 Å². The first kappa shape index (κ1) is 18.3. The van der Waals surface area contributed by atoms with Crippen LogP contribution < -0.4 is 10.2 Å². The van der Waals surface area contributed by atoms with Crippen LogP contribution in [-0.4, -0.2) is 28.1 Å². The molecule has 1 saturated heterocycles. The van der Waals surface area contributed by atoms with Crippen molar-refractivity contribution in [3.05, 3.63) is 70.9 Å². The zero-order valence-corrected chi connectivity index (χ0v) is 16.1. The van der Waals surface area contributed by atoms with Crippen LogP contribution in [0.2, 0.25) is 5.02 Å². The molecule has 4 rings (SSSR count). The third-order valence-corrected chi connectivity index (χ3v) is 4.85. The number of carbonyl (C=O) groups is 2. The summed E-state index contributed by atoms with van der Waals surface area (Å²) in [5, 5.41) is 7.95. The molecule has 1 aliphatic heterocycles. The molecule has 0 spiro atoms. The van der Waals surface area contributed by atoms with Crippen LogP contribution in [0.3, 0.4) is 0 Å². The lowest BCUT2D eigenvalue weighted by Gasteiger charge is -2.16. The highest BCUT2D eigenvalue weighted by molar-refractivity contribution is 6.30. The van der Waals surface area contributed by atoms with Gasteiger partial charge in [0.05, 0.1) is 11.4 Å². The number of carbonyl (C=O) groups excluding carboxylic acids is 2. The average Bonchev–Trinajstić information content (AvgIpc) is 3.27. The van der Waals surface area contributed by atoms with Crippen LogP contribution in [0, 0.1) is 6.92 Å². The van der Waals surface area contributed by atoms with Gasteiger partial charge in [0.1, 0.15) is 5.82 Å². The number of nitrogens with one attached hydrogen (secondary N) is 1. The molecule has 0 radical (unpaired) electrons. The van der Waals surface area contributed by atoms with Crippen molar-refractivity contribution >= 4 is 34.9 Å². The van der Waals surface area contributed by atoms with Gasteiger partial charge in [-0.25, -0.2) is 4.68 Å². The zero-order chi connectivity index (χ0) is 19.7. The fourth-order valence-corrected chi connectivity index (χ4v) is 3.50. The monoisotopic (exact) mass is 394 g/mol. The summed E-state index contributed by atoms with van der Waals surface area (Å²) in [7, 11) is 0. The Morgan fingerprint density at radius 3 is 2.64 bits per heavy atom. The molecule has 2 aromatic carbocycles. The molecule has 0 aliphatic carbocycles. The maximum atomic E-state index is 12.8. The van der Waals surface area contributed by atoms with Gasteiger partial charge in [-0.3, -0.25) is 9.59 Å². The molecule has 1 fully saturated rings. The predicted octanol–water partition coefficient (Wildman–Crippen LogP) is 4.21. The first-order chi connectivity index (χ1) is 13.5. The lowest BCUT2D eigenvalue weighted by molar-refractivity contribution is -0.117. The molecule has 1 aromatic heterocycles. The Kier molecular flexibility index (Phi) is 4.88. The fourth-order valence-electron chi connectivity index (χ4n) is 3.32. The second-order valence-electron chi connectivity index (χ2n) is 6.72. The van der Waals surface area contributed by atoms with E-state index in [0.29, 0.717) is 29.4 Å². The summed E-state index contributed by atoms with van der Waals surface area (Å²) in [4.78, 5) is 26.5. The molecule has 2 heterocycles. The van der Waals surface area contributed by atoms with E-state index in [2.05, 4.69) is 10.4 Å². The first-order valence-electron chi connectivity index (χ1n) is 9.06. The molecule has 7 heteroatoms. The smallest absolute Gasteiger partial charge is 0.256 e. The summed E-state index contributed by atoms with van der Waals surface area (Å²) < 4.78 is 1.65. The number of benzene rings is 2. The van der Waals surface area contributed by atoms with Crippen molar-refractivity contribution in [2.45, 2.75) is 19.8 Å². The standard InChI is InChI=1S/C21H19ClN4O2/c1-14-11-19(26(24-14)18-8-3-6-16(22)13-18)23-21(28)15-5-2-7-17(12-15)25-10-4-9-20(25)27/h2-3,5-8,11-13H,4,9-10H2,1H3,(H,23,28). The van der Waals surface area contributed by atoms with Gasteiger partial charge in [-0.1, -0.05) is 23.7 Å². The summed E-state index contributed by atoms with van der Waals surface area (Å²) in [6.45, 7) is 2.54. The molecule has 1 N–H and O–H groups in total. The summed E-state index contributed by atoms with van der Waals surface area (Å²) in [5.41, 5.74) is 2.75. The molecule has 6 nitrogen and oxygen atoms in total. The van der Waals surface area contributed by atoms with Gasteiger partial charge in [-0.15, -0.1) is 0 Å². The van der Waals surface area contributed by atoms with E-state index in [1.807, 2.05) is 25.1 Å². The second-order valence-corrected chi connectivity index (χ2v) is 7.15. The molecular weight excluding hydrogens is 376 g/mol. The minimum absolute atomic E-state index is 0.0900. The molecule has 0 saturated carbocycles. The molecular formula is C21H19ClN4O2. The zero-order valence-electron chi connectivity index (χ0n) is 15.4. The Hall–Kier alpha value is -3.12. The quantitative estimate of drug-likeness (QED) is 0.720. The third-order valence-electron chi connectivity index (χ3n) is 4.62. The highest BCUT2D eigenvalue weighted by atomic mass is 35.5. The van der Waals surface area contributed by atoms with Crippen LogP contribution in [0.1, 0.15) is 28.9 Å². The Morgan fingerprint density at radius 1 is 1.11 bits per heavy atom. The maximum absolute atomic E-state index is 12.8. The summed E-state index contributed by atoms with van der Waals surface area (Å²) in [6.07, 6.45) is 1.39. The average molecular weight is 395 g/mol. The number of aryl methyl sites for hydroxylation is 1. The van der Waals surface area contributed by atoms with E-state index in [1.165, 1.54) is 0 Å². The molecule has 28 heavy (non-hydrogen) atoms. The third kappa shape index (κ3) is 3.64. The van der Waals surface area contributed by atoms with E-state index < -0.39 is 0 Å². The second kappa shape index (κ2) is 7.48. The number of hydrogen-bond acceptors (Lipinski definition) is 3. The molecule has 3 aromatic rings. The van der Waals surface area contributed by atoms with Crippen molar-refractivity contribution in [3.63, 3.8) is 0 Å². The van der Waals surface area contributed by atoms with Crippen LogP contribution >= 0.6 is 11.6 Å². The number of nitrogens with zero attached hydrogens (tertiary/aromatic N) is 3. The van der Waals surface area contributed by atoms with E-state index >= 15 is 0 Å². The first-order valence-corrected chi connectivity index (χ1v) is 9.43. The van der Waals surface area contributed by atoms with Gasteiger partial charge in [0.15, 0.2) is 0 Å². The Morgan fingerprint density at radius 2 is 1.89 bits per heavy atom. The molecule has 0 atom stereocenters. The largest absolute Gasteiger partial charge is 0.312 e. The number of aromatic nitrogens is 2. The van der Waals surface area contributed by atoms with Gasteiger partial charge >= 0.3 is 0 Å². The predicted molar refractivity (Wildman–Crippen MR) is 109 cm³/mol. The minimum Gasteiger partial charge on any atom is -0.312 e. The fraction of sp³-hybridized carbons (Fsp3) is 0.190. The van der Waals surface area contributed by atoms with Gasteiger partial charge in [-0.05, 0) is 49.7 Å². The van der Waals surface area contributed by atoms with Crippen molar-refractivity contribution in [1.29, 1.82) is 0 Å². The summed E-state index contributed by atoms with van der Waals surface area (Å²) in [6, 6.07) is 16.2. The maximum Gasteiger partial charge on any atom is 0.256 e.